The van der Waals surface area contributed by atoms with Crippen molar-refractivity contribution in [3.05, 3.63) is 41.7 Å². The van der Waals surface area contributed by atoms with E-state index in [1.807, 2.05) is 0 Å². The molecule has 0 aliphatic heterocycles. The van der Waals surface area contributed by atoms with Gasteiger partial charge >= 0.3 is 6.03 Å². The van der Waals surface area contributed by atoms with Crippen molar-refractivity contribution in [2.45, 2.75) is 0 Å². The largest absolute Gasteiger partial charge is 0.323 e. The van der Waals surface area contributed by atoms with Crippen molar-refractivity contribution in [1.29, 1.82) is 0 Å². The highest BCUT2D eigenvalue weighted by Gasteiger charge is 2.05. The predicted octanol–water partition coefficient (Wildman–Crippen LogP) is 2.71. The summed E-state index contributed by atoms with van der Waals surface area (Å²) >= 11 is 5.89. The Hall–Kier alpha value is -2.01. The SMILES string of the molecule is O=C(Nc1cn[nH]c1)Nc1ccccc1Cl. The second-order valence-electron chi connectivity index (χ2n) is 3.05. The molecule has 0 aliphatic carbocycles. The summed E-state index contributed by atoms with van der Waals surface area (Å²) in [7, 11) is 0. The quantitative estimate of drug-likeness (QED) is 0.750. The van der Waals surface area contributed by atoms with E-state index in [9.17, 15) is 4.79 Å². The normalized spacial score (nSPS) is 9.81. The maximum Gasteiger partial charge on any atom is 0.323 e. The molecule has 82 valence electrons. The summed E-state index contributed by atoms with van der Waals surface area (Å²) in [6.45, 7) is 0. The number of halogens is 1. The first-order valence-corrected chi connectivity index (χ1v) is 4.95. The van der Waals surface area contributed by atoms with Gasteiger partial charge in [0.15, 0.2) is 0 Å². The van der Waals surface area contributed by atoms with E-state index in [-0.39, 0.29) is 6.03 Å². The minimum atomic E-state index is -0.366. The van der Waals surface area contributed by atoms with Crippen LogP contribution in [0, 0.1) is 0 Å². The smallest absolute Gasteiger partial charge is 0.306 e. The molecule has 0 bridgehead atoms. The zero-order valence-corrected chi connectivity index (χ0v) is 8.95. The van der Waals surface area contributed by atoms with Gasteiger partial charge in [-0.05, 0) is 12.1 Å². The van der Waals surface area contributed by atoms with Crippen LogP contribution in [0.5, 0.6) is 0 Å². The van der Waals surface area contributed by atoms with E-state index in [0.717, 1.165) is 0 Å². The lowest BCUT2D eigenvalue weighted by atomic mass is 10.3. The van der Waals surface area contributed by atoms with Gasteiger partial charge in [0, 0.05) is 6.20 Å². The molecule has 0 saturated carbocycles. The lowest BCUT2D eigenvalue weighted by Gasteiger charge is -2.06. The number of anilines is 2. The van der Waals surface area contributed by atoms with E-state index < -0.39 is 0 Å². The molecule has 2 amide bonds. The average Bonchev–Trinajstić information content (AvgIpc) is 2.74. The molecule has 0 radical (unpaired) electrons. The highest BCUT2D eigenvalue weighted by molar-refractivity contribution is 6.33. The molecule has 5 nitrogen and oxygen atoms in total. The standard InChI is InChI=1S/C10H9ClN4O/c11-8-3-1-2-4-9(8)15-10(16)14-7-5-12-13-6-7/h1-6H,(H,12,13)(H2,14,15,16). The molecule has 0 fully saturated rings. The zero-order valence-electron chi connectivity index (χ0n) is 8.20. The third-order valence-corrected chi connectivity index (χ3v) is 2.21. The van der Waals surface area contributed by atoms with E-state index in [4.69, 9.17) is 11.6 Å². The number of hydrogen-bond donors (Lipinski definition) is 3. The molecule has 0 aliphatic rings. The average molecular weight is 237 g/mol. The number of para-hydroxylation sites is 1. The second kappa shape index (κ2) is 4.67. The maximum atomic E-state index is 11.5. The van der Waals surface area contributed by atoms with Crippen LogP contribution in [-0.4, -0.2) is 16.2 Å². The third kappa shape index (κ3) is 2.52. The van der Waals surface area contributed by atoms with Gasteiger partial charge in [-0.1, -0.05) is 23.7 Å². The predicted molar refractivity (Wildman–Crippen MR) is 62.7 cm³/mol. The fraction of sp³-hybridized carbons (Fsp3) is 0. The van der Waals surface area contributed by atoms with Crippen molar-refractivity contribution < 1.29 is 4.79 Å². The molecule has 3 N–H and O–H groups in total. The first kappa shape index (κ1) is 10.5. The lowest BCUT2D eigenvalue weighted by Crippen LogP contribution is -2.19. The first-order chi connectivity index (χ1) is 7.75. The summed E-state index contributed by atoms with van der Waals surface area (Å²) in [5.74, 6) is 0. The summed E-state index contributed by atoms with van der Waals surface area (Å²) in [6.07, 6.45) is 3.08. The molecule has 0 atom stereocenters. The van der Waals surface area contributed by atoms with E-state index in [0.29, 0.717) is 16.4 Å². The van der Waals surface area contributed by atoms with Gasteiger partial charge in [0.1, 0.15) is 0 Å². The fourth-order valence-electron chi connectivity index (χ4n) is 1.17. The number of aromatic nitrogens is 2. The van der Waals surface area contributed by atoms with Gasteiger partial charge in [0.05, 0.1) is 22.6 Å². The topological polar surface area (TPSA) is 69.8 Å². The van der Waals surface area contributed by atoms with Crippen LogP contribution in [0.3, 0.4) is 0 Å². The highest BCUT2D eigenvalue weighted by atomic mass is 35.5. The molecular weight excluding hydrogens is 228 g/mol. The van der Waals surface area contributed by atoms with Crippen LogP contribution >= 0.6 is 11.6 Å². The number of urea groups is 1. The Balaban J connectivity index is 2.00. The molecule has 1 aromatic carbocycles. The summed E-state index contributed by atoms with van der Waals surface area (Å²) in [5, 5.41) is 12.0. The number of carbonyl (C=O) groups is 1. The third-order valence-electron chi connectivity index (χ3n) is 1.88. The molecule has 1 heterocycles. The van der Waals surface area contributed by atoms with Gasteiger partial charge in [-0.15, -0.1) is 0 Å². The highest BCUT2D eigenvalue weighted by Crippen LogP contribution is 2.20. The Morgan fingerprint density at radius 2 is 2.12 bits per heavy atom. The van der Waals surface area contributed by atoms with Crippen LogP contribution in [0.2, 0.25) is 5.02 Å². The summed E-state index contributed by atoms with van der Waals surface area (Å²) in [5.41, 5.74) is 1.15. The minimum Gasteiger partial charge on any atom is -0.306 e. The summed E-state index contributed by atoms with van der Waals surface area (Å²) in [6, 6.07) is 6.64. The van der Waals surface area contributed by atoms with Crippen LogP contribution in [0.25, 0.3) is 0 Å². The number of benzene rings is 1. The maximum absolute atomic E-state index is 11.5. The van der Waals surface area contributed by atoms with Crippen molar-refractivity contribution in [3.8, 4) is 0 Å². The number of aromatic amines is 1. The van der Waals surface area contributed by atoms with Gasteiger partial charge in [-0.25, -0.2) is 4.79 Å². The number of amides is 2. The van der Waals surface area contributed by atoms with Crippen molar-refractivity contribution in [1.82, 2.24) is 10.2 Å². The van der Waals surface area contributed by atoms with E-state index in [2.05, 4.69) is 20.8 Å². The van der Waals surface area contributed by atoms with Crippen LogP contribution in [0.15, 0.2) is 36.7 Å². The Morgan fingerprint density at radius 1 is 1.31 bits per heavy atom. The molecular formula is C10H9ClN4O. The monoisotopic (exact) mass is 236 g/mol. The lowest BCUT2D eigenvalue weighted by molar-refractivity contribution is 0.262. The van der Waals surface area contributed by atoms with Gasteiger partial charge in [0.25, 0.3) is 0 Å². The number of nitrogens with one attached hydrogen (secondary N) is 3. The van der Waals surface area contributed by atoms with Crippen molar-refractivity contribution in [2.75, 3.05) is 10.6 Å². The number of nitrogens with zero attached hydrogens (tertiary/aromatic N) is 1. The van der Waals surface area contributed by atoms with E-state index >= 15 is 0 Å². The molecule has 0 spiro atoms. The Kier molecular flexibility index (Phi) is 3.07. The van der Waals surface area contributed by atoms with Gasteiger partial charge in [-0.3, -0.25) is 5.10 Å². The van der Waals surface area contributed by atoms with E-state index in [1.54, 1.807) is 30.5 Å². The van der Waals surface area contributed by atoms with Gasteiger partial charge in [-0.2, -0.15) is 5.10 Å². The van der Waals surface area contributed by atoms with Crippen LogP contribution in [0.4, 0.5) is 16.2 Å². The summed E-state index contributed by atoms with van der Waals surface area (Å²) in [4.78, 5) is 11.5. The van der Waals surface area contributed by atoms with E-state index in [1.165, 1.54) is 6.20 Å². The Bertz CT molecular complexity index is 483. The van der Waals surface area contributed by atoms with Crippen molar-refractivity contribution in [3.63, 3.8) is 0 Å². The molecule has 6 heteroatoms. The molecule has 1 aromatic heterocycles. The molecule has 0 unspecified atom stereocenters. The number of carbonyl (C=O) groups excluding carboxylic acids is 1. The second-order valence-corrected chi connectivity index (χ2v) is 3.45. The van der Waals surface area contributed by atoms with Crippen molar-refractivity contribution >= 4 is 29.0 Å². The Labute approximate surface area is 96.8 Å². The molecule has 16 heavy (non-hydrogen) atoms. The number of rotatable bonds is 2. The molecule has 0 saturated heterocycles. The zero-order chi connectivity index (χ0) is 11.4. The van der Waals surface area contributed by atoms with Crippen molar-refractivity contribution in [2.24, 2.45) is 0 Å². The van der Waals surface area contributed by atoms with Gasteiger partial charge < -0.3 is 10.6 Å². The minimum absolute atomic E-state index is 0.366. The Morgan fingerprint density at radius 3 is 2.81 bits per heavy atom. The molecule has 2 aromatic rings. The van der Waals surface area contributed by atoms with Crippen LogP contribution in [0.1, 0.15) is 0 Å². The number of H-pyrrole nitrogens is 1. The van der Waals surface area contributed by atoms with Crippen LogP contribution < -0.4 is 10.6 Å². The molecule has 2 rings (SSSR count). The first-order valence-electron chi connectivity index (χ1n) is 4.57. The number of hydrogen-bond acceptors (Lipinski definition) is 2. The summed E-state index contributed by atoms with van der Waals surface area (Å²) < 4.78 is 0. The van der Waals surface area contributed by atoms with Gasteiger partial charge in [0.2, 0.25) is 0 Å². The van der Waals surface area contributed by atoms with Crippen LogP contribution in [-0.2, 0) is 0 Å². The fourth-order valence-corrected chi connectivity index (χ4v) is 1.35.